The van der Waals surface area contributed by atoms with Crippen LogP contribution < -0.4 is 10.2 Å². The summed E-state index contributed by atoms with van der Waals surface area (Å²) in [5.41, 5.74) is 1.80. The van der Waals surface area contributed by atoms with Crippen molar-refractivity contribution in [2.75, 3.05) is 24.5 Å². The van der Waals surface area contributed by atoms with E-state index < -0.39 is 0 Å². The van der Waals surface area contributed by atoms with Gasteiger partial charge in [-0.3, -0.25) is 0 Å². The van der Waals surface area contributed by atoms with E-state index in [4.69, 9.17) is 4.42 Å². The first-order valence-corrected chi connectivity index (χ1v) is 6.21. The smallest absolute Gasteiger partial charge is 0.298 e. The Bertz CT molecular complexity index is 469. The lowest BCUT2D eigenvalue weighted by Crippen LogP contribution is -2.36. The van der Waals surface area contributed by atoms with E-state index in [0.717, 1.165) is 43.2 Å². The lowest BCUT2D eigenvalue weighted by Gasteiger charge is -2.24. The van der Waals surface area contributed by atoms with Gasteiger partial charge in [0.1, 0.15) is 5.52 Å². The van der Waals surface area contributed by atoms with Gasteiger partial charge in [0, 0.05) is 19.1 Å². The minimum absolute atomic E-state index is 0.507. The van der Waals surface area contributed by atoms with Crippen molar-refractivity contribution in [1.82, 2.24) is 10.3 Å². The first kappa shape index (κ1) is 10.6. The number of likely N-dealkylation sites (N-methyl/N-ethyl adjacent to an activating group) is 1. The van der Waals surface area contributed by atoms with Gasteiger partial charge in [-0.25, -0.2) is 0 Å². The molecule has 0 spiro atoms. The quantitative estimate of drug-likeness (QED) is 0.877. The maximum Gasteiger partial charge on any atom is 0.298 e. The summed E-state index contributed by atoms with van der Waals surface area (Å²) < 4.78 is 5.82. The largest absolute Gasteiger partial charge is 0.423 e. The second-order valence-electron chi connectivity index (χ2n) is 4.40. The molecule has 1 aliphatic rings. The molecule has 3 rings (SSSR count). The van der Waals surface area contributed by atoms with E-state index >= 15 is 0 Å². The molecule has 1 N–H and O–H groups in total. The maximum absolute atomic E-state index is 5.82. The van der Waals surface area contributed by atoms with Crippen molar-refractivity contribution < 1.29 is 4.42 Å². The fourth-order valence-corrected chi connectivity index (χ4v) is 2.44. The van der Waals surface area contributed by atoms with Crippen molar-refractivity contribution in [3.63, 3.8) is 0 Å². The van der Waals surface area contributed by atoms with Gasteiger partial charge in [0.25, 0.3) is 6.01 Å². The molecule has 1 fully saturated rings. The van der Waals surface area contributed by atoms with Crippen LogP contribution in [0.15, 0.2) is 28.7 Å². The first-order chi connectivity index (χ1) is 8.38. The summed E-state index contributed by atoms with van der Waals surface area (Å²) in [5, 5.41) is 3.38. The van der Waals surface area contributed by atoms with Crippen LogP contribution in [0.25, 0.3) is 11.1 Å². The monoisotopic (exact) mass is 231 g/mol. The maximum atomic E-state index is 5.82. The molecule has 17 heavy (non-hydrogen) atoms. The molecular formula is C13H17N3O. The Kier molecular flexibility index (Phi) is 2.73. The molecule has 90 valence electrons. The fraction of sp³-hybridized carbons (Fsp3) is 0.462. The van der Waals surface area contributed by atoms with Crippen molar-refractivity contribution in [3.8, 4) is 0 Å². The van der Waals surface area contributed by atoms with E-state index in [-0.39, 0.29) is 0 Å². The number of para-hydroxylation sites is 2. The molecule has 1 atom stereocenters. The lowest BCUT2D eigenvalue weighted by atomic mass is 10.2. The second-order valence-corrected chi connectivity index (χ2v) is 4.40. The van der Waals surface area contributed by atoms with Crippen molar-refractivity contribution >= 4 is 17.1 Å². The zero-order valence-corrected chi connectivity index (χ0v) is 10.0. The predicted octanol–water partition coefficient (Wildman–Crippen LogP) is 2.02. The summed E-state index contributed by atoms with van der Waals surface area (Å²) in [7, 11) is 0. The van der Waals surface area contributed by atoms with Gasteiger partial charge in [-0.15, -0.1) is 0 Å². The molecule has 0 amide bonds. The number of anilines is 1. The predicted molar refractivity (Wildman–Crippen MR) is 68.3 cm³/mol. The molecule has 1 aromatic carbocycles. The number of nitrogens with one attached hydrogen (secondary N) is 1. The van der Waals surface area contributed by atoms with Gasteiger partial charge in [0.2, 0.25) is 0 Å². The Morgan fingerprint density at radius 3 is 3.06 bits per heavy atom. The van der Waals surface area contributed by atoms with Gasteiger partial charge in [-0.2, -0.15) is 4.98 Å². The van der Waals surface area contributed by atoms with Gasteiger partial charge in [0.15, 0.2) is 5.58 Å². The SMILES string of the molecule is CCN(c1nc2ccccc2o1)C1CCNC1. The molecule has 4 nitrogen and oxygen atoms in total. The Hall–Kier alpha value is -1.55. The van der Waals surface area contributed by atoms with Gasteiger partial charge in [0.05, 0.1) is 0 Å². The van der Waals surface area contributed by atoms with E-state index in [1.165, 1.54) is 0 Å². The summed E-state index contributed by atoms with van der Waals surface area (Å²) >= 11 is 0. The third kappa shape index (κ3) is 1.89. The molecular weight excluding hydrogens is 214 g/mol. The average Bonchev–Trinajstić information content (AvgIpc) is 2.98. The normalized spacial score (nSPS) is 19.9. The molecule has 1 unspecified atom stereocenters. The first-order valence-electron chi connectivity index (χ1n) is 6.21. The highest BCUT2D eigenvalue weighted by Gasteiger charge is 2.24. The highest BCUT2D eigenvalue weighted by Crippen LogP contribution is 2.24. The molecule has 0 saturated carbocycles. The van der Waals surface area contributed by atoms with Crippen LogP contribution in [0.3, 0.4) is 0 Å². The van der Waals surface area contributed by atoms with Crippen LogP contribution in [-0.2, 0) is 0 Å². The third-order valence-corrected chi connectivity index (χ3v) is 3.34. The minimum Gasteiger partial charge on any atom is -0.423 e. The number of oxazole rings is 1. The van der Waals surface area contributed by atoms with Crippen molar-refractivity contribution in [2.24, 2.45) is 0 Å². The lowest BCUT2D eigenvalue weighted by molar-refractivity contribution is 0.529. The Labute approximate surface area is 101 Å². The van der Waals surface area contributed by atoms with Crippen molar-refractivity contribution in [3.05, 3.63) is 24.3 Å². The average molecular weight is 231 g/mol. The van der Waals surface area contributed by atoms with Crippen LogP contribution in [0.1, 0.15) is 13.3 Å². The highest BCUT2D eigenvalue weighted by atomic mass is 16.4. The number of nitrogens with zero attached hydrogens (tertiary/aromatic N) is 2. The van der Waals surface area contributed by atoms with E-state index in [2.05, 4.69) is 22.1 Å². The number of aromatic nitrogens is 1. The van der Waals surface area contributed by atoms with Crippen LogP contribution in [0.4, 0.5) is 6.01 Å². The Morgan fingerprint density at radius 2 is 2.35 bits per heavy atom. The van der Waals surface area contributed by atoms with Crippen LogP contribution in [-0.4, -0.2) is 30.7 Å². The van der Waals surface area contributed by atoms with Crippen LogP contribution in [0, 0.1) is 0 Å². The van der Waals surface area contributed by atoms with E-state index in [1.807, 2.05) is 24.3 Å². The third-order valence-electron chi connectivity index (χ3n) is 3.34. The number of hydrogen-bond acceptors (Lipinski definition) is 4. The van der Waals surface area contributed by atoms with Crippen LogP contribution >= 0.6 is 0 Å². The molecule has 2 heterocycles. The highest BCUT2D eigenvalue weighted by molar-refractivity contribution is 5.74. The number of rotatable bonds is 3. The van der Waals surface area contributed by atoms with Gasteiger partial charge in [-0.05, 0) is 32.0 Å². The molecule has 4 heteroatoms. The standard InChI is InChI=1S/C13H17N3O/c1-2-16(10-7-8-14-9-10)13-15-11-5-3-4-6-12(11)17-13/h3-6,10,14H,2,7-9H2,1H3. The Morgan fingerprint density at radius 1 is 1.47 bits per heavy atom. The van der Waals surface area contributed by atoms with E-state index in [0.29, 0.717) is 6.04 Å². The van der Waals surface area contributed by atoms with Gasteiger partial charge >= 0.3 is 0 Å². The Balaban J connectivity index is 1.94. The fourth-order valence-electron chi connectivity index (χ4n) is 2.44. The van der Waals surface area contributed by atoms with Crippen molar-refractivity contribution in [2.45, 2.75) is 19.4 Å². The van der Waals surface area contributed by atoms with Crippen molar-refractivity contribution in [1.29, 1.82) is 0 Å². The zero-order valence-electron chi connectivity index (χ0n) is 10.0. The van der Waals surface area contributed by atoms with Crippen LogP contribution in [0.5, 0.6) is 0 Å². The van der Waals surface area contributed by atoms with E-state index in [9.17, 15) is 0 Å². The number of benzene rings is 1. The number of fused-ring (bicyclic) bond motifs is 1. The minimum atomic E-state index is 0.507. The second kappa shape index (κ2) is 4.37. The summed E-state index contributed by atoms with van der Waals surface area (Å²) in [5.74, 6) is 0. The van der Waals surface area contributed by atoms with Crippen LogP contribution in [0.2, 0.25) is 0 Å². The molecule has 1 saturated heterocycles. The molecule has 1 aromatic heterocycles. The van der Waals surface area contributed by atoms with Gasteiger partial charge in [-0.1, -0.05) is 12.1 Å². The topological polar surface area (TPSA) is 41.3 Å². The summed E-state index contributed by atoms with van der Waals surface area (Å²) in [6, 6.07) is 9.18. The zero-order chi connectivity index (χ0) is 11.7. The molecule has 0 aliphatic carbocycles. The molecule has 1 aliphatic heterocycles. The number of hydrogen-bond donors (Lipinski definition) is 1. The molecule has 0 bridgehead atoms. The summed E-state index contributed by atoms with van der Waals surface area (Å²) in [6.45, 7) is 5.18. The molecule has 0 radical (unpaired) electrons. The van der Waals surface area contributed by atoms with E-state index in [1.54, 1.807) is 0 Å². The summed E-state index contributed by atoms with van der Waals surface area (Å²) in [4.78, 5) is 6.81. The van der Waals surface area contributed by atoms with Gasteiger partial charge < -0.3 is 14.6 Å². The summed E-state index contributed by atoms with van der Waals surface area (Å²) in [6.07, 6.45) is 1.16. The molecule has 2 aromatic rings.